The van der Waals surface area contributed by atoms with Crippen LogP contribution in [0.3, 0.4) is 0 Å². The molecular weight excluding hydrogens is 260 g/mol. The lowest BCUT2D eigenvalue weighted by Crippen LogP contribution is -2.43. The van der Waals surface area contributed by atoms with Gasteiger partial charge in [-0.3, -0.25) is 4.79 Å². The Morgan fingerprint density at radius 2 is 1.95 bits per heavy atom. The number of benzene rings is 1. The van der Waals surface area contributed by atoms with Crippen LogP contribution in [0.25, 0.3) is 0 Å². The summed E-state index contributed by atoms with van der Waals surface area (Å²) in [6, 6.07) is 8.34. The largest absolute Gasteiger partial charge is 0.317 e. The summed E-state index contributed by atoms with van der Waals surface area (Å²) in [6.07, 6.45) is 4.16. The topological polar surface area (TPSA) is 32.3 Å². The van der Waals surface area contributed by atoms with E-state index in [9.17, 15) is 4.79 Å². The van der Waals surface area contributed by atoms with E-state index in [1.807, 2.05) is 11.0 Å². The number of carbonyl (C=O) groups is 1. The number of aryl methyl sites for hydroxylation is 1. The second kappa shape index (κ2) is 6.40. The fourth-order valence-corrected chi connectivity index (χ4v) is 3.05. The highest BCUT2D eigenvalue weighted by Crippen LogP contribution is 2.29. The van der Waals surface area contributed by atoms with E-state index in [1.165, 1.54) is 5.56 Å². The number of nitrogens with one attached hydrogen (secondary N) is 1. The zero-order valence-electron chi connectivity index (χ0n) is 11.1. The highest BCUT2D eigenvalue weighted by molar-refractivity contribution is 5.96. The first kappa shape index (κ1) is 14.4. The highest BCUT2D eigenvalue weighted by Gasteiger charge is 2.29. The first-order valence-corrected chi connectivity index (χ1v) is 6.96. The monoisotopic (exact) mass is 280 g/mol. The summed E-state index contributed by atoms with van der Waals surface area (Å²) in [6.45, 7) is 2.84. The zero-order chi connectivity index (χ0) is 12.4. The molecule has 0 atom stereocenters. The lowest BCUT2D eigenvalue weighted by atomic mass is 9.94. The summed E-state index contributed by atoms with van der Waals surface area (Å²) in [5.41, 5.74) is 2.47. The van der Waals surface area contributed by atoms with Crippen molar-refractivity contribution in [3.05, 3.63) is 29.8 Å². The predicted molar refractivity (Wildman–Crippen MR) is 80.0 cm³/mol. The molecule has 1 saturated heterocycles. The third-order valence-electron chi connectivity index (χ3n) is 4.06. The minimum absolute atomic E-state index is 0. The Morgan fingerprint density at radius 3 is 2.74 bits per heavy atom. The maximum atomic E-state index is 12.6. The number of rotatable bonds is 1. The molecule has 0 aromatic heterocycles. The molecule has 0 saturated carbocycles. The number of anilines is 1. The SMILES string of the molecule is Cl.O=C(C1CCNCC1)N1CCCc2ccccc21. The van der Waals surface area contributed by atoms with E-state index in [2.05, 4.69) is 23.5 Å². The van der Waals surface area contributed by atoms with Gasteiger partial charge in [0, 0.05) is 18.2 Å². The van der Waals surface area contributed by atoms with Crippen LogP contribution >= 0.6 is 12.4 Å². The number of fused-ring (bicyclic) bond motifs is 1. The molecule has 2 aliphatic heterocycles. The van der Waals surface area contributed by atoms with E-state index >= 15 is 0 Å². The lowest BCUT2D eigenvalue weighted by Gasteiger charge is -2.33. The minimum Gasteiger partial charge on any atom is -0.317 e. The molecular formula is C15H21ClN2O. The van der Waals surface area contributed by atoms with Gasteiger partial charge in [0.05, 0.1) is 0 Å². The van der Waals surface area contributed by atoms with Crippen LogP contribution in [-0.4, -0.2) is 25.5 Å². The summed E-state index contributed by atoms with van der Waals surface area (Å²) < 4.78 is 0. The molecule has 1 amide bonds. The molecule has 3 nitrogen and oxygen atoms in total. The standard InChI is InChI=1S/C15H20N2O.ClH/c18-15(13-7-9-16-10-8-13)17-11-3-5-12-4-1-2-6-14(12)17;/h1-2,4,6,13,16H,3,5,7-11H2;1H. The molecule has 0 spiro atoms. The Bertz CT molecular complexity index is 444. The van der Waals surface area contributed by atoms with Crippen LogP contribution in [0.5, 0.6) is 0 Å². The van der Waals surface area contributed by atoms with Crippen molar-refractivity contribution in [3.63, 3.8) is 0 Å². The van der Waals surface area contributed by atoms with Crippen molar-refractivity contribution >= 4 is 24.0 Å². The lowest BCUT2D eigenvalue weighted by molar-refractivity contribution is -0.123. The van der Waals surface area contributed by atoms with E-state index in [0.29, 0.717) is 5.91 Å². The Morgan fingerprint density at radius 1 is 1.21 bits per heavy atom. The predicted octanol–water partition coefficient (Wildman–Crippen LogP) is 2.39. The van der Waals surface area contributed by atoms with Gasteiger partial charge >= 0.3 is 0 Å². The fraction of sp³-hybridized carbons (Fsp3) is 0.533. The Kier molecular flexibility index (Phi) is 4.83. The van der Waals surface area contributed by atoms with Gasteiger partial charge in [0.1, 0.15) is 0 Å². The summed E-state index contributed by atoms with van der Waals surface area (Å²) in [4.78, 5) is 14.6. The summed E-state index contributed by atoms with van der Waals surface area (Å²) in [5, 5.41) is 3.32. The second-order valence-corrected chi connectivity index (χ2v) is 5.25. The second-order valence-electron chi connectivity index (χ2n) is 5.25. The average Bonchev–Trinajstić information content (AvgIpc) is 2.47. The van der Waals surface area contributed by atoms with Gasteiger partial charge < -0.3 is 10.2 Å². The number of hydrogen-bond acceptors (Lipinski definition) is 2. The quantitative estimate of drug-likeness (QED) is 0.857. The van der Waals surface area contributed by atoms with E-state index in [1.54, 1.807) is 0 Å². The fourth-order valence-electron chi connectivity index (χ4n) is 3.05. The van der Waals surface area contributed by atoms with Crippen LogP contribution in [0.1, 0.15) is 24.8 Å². The number of halogens is 1. The molecule has 19 heavy (non-hydrogen) atoms. The van der Waals surface area contributed by atoms with Crippen LogP contribution in [0, 0.1) is 5.92 Å². The highest BCUT2D eigenvalue weighted by atomic mass is 35.5. The van der Waals surface area contributed by atoms with Gasteiger partial charge in [-0.25, -0.2) is 0 Å². The van der Waals surface area contributed by atoms with Gasteiger partial charge in [-0.05, 0) is 50.4 Å². The smallest absolute Gasteiger partial charge is 0.230 e. The number of para-hydroxylation sites is 1. The van der Waals surface area contributed by atoms with Crippen LogP contribution in [-0.2, 0) is 11.2 Å². The van der Waals surface area contributed by atoms with Crippen LogP contribution in [0.15, 0.2) is 24.3 Å². The van der Waals surface area contributed by atoms with Gasteiger partial charge in [-0.2, -0.15) is 0 Å². The van der Waals surface area contributed by atoms with E-state index < -0.39 is 0 Å². The Hall–Kier alpha value is -1.06. The van der Waals surface area contributed by atoms with Gasteiger partial charge in [0.25, 0.3) is 0 Å². The van der Waals surface area contributed by atoms with Crippen LogP contribution in [0.4, 0.5) is 5.69 Å². The van der Waals surface area contributed by atoms with E-state index in [4.69, 9.17) is 0 Å². The summed E-state index contributed by atoms with van der Waals surface area (Å²) >= 11 is 0. The average molecular weight is 281 g/mol. The van der Waals surface area contributed by atoms with Crippen LogP contribution < -0.4 is 10.2 Å². The van der Waals surface area contributed by atoms with Gasteiger partial charge in [-0.15, -0.1) is 12.4 Å². The number of hydrogen-bond donors (Lipinski definition) is 1. The molecule has 1 fully saturated rings. The maximum Gasteiger partial charge on any atom is 0.230 e. The first-order valence-electron chi connectivity index (χ1n) is 6.96. The maximum absolute atomic E-state index is 12.6. The van der Waals surface area contributed by atoms with Gasteiger partial charge in [-0.1, -0.05) is 18.2 Å². The Balaban J connectivity index is 0.00000133. The molecule has 2 aliphatic rings. The van der Waals surface area contributed by atoms with E-state index in [-0.39, 0.29) is 18.3 Å². The molecule has 1 aromatic carbocycles. The zero-order valence-corrected chi connectivity index (χ0v) is 11.9. The van der Waals surface area contributed by atoms with Gasteiger partial charge in [0.15, 0.2) is 0 Å². The van der Waals surface area contributed by atoms with Crippen molar-refractivity contribution < 1.29 is 4.79 Å². The molecule has 3 rings (SSSR count). The number of piperidine rings is 1. The van der Waals surface area contributed by atoms with Crippen LogP contribution in [0.2, 0.25) is 0 Å². The van der Waals surface area contributed by atoms with E-state index in [0.717, 1.165) is 51.0 Å². The minimum atomic E-state index is 0. The molecule has 0 radical (unpaired) electrons. The number of nitrogens with zero attached hydrogens (tertiary/aromatic N) is 1. The molecule has 0 bridgehead atoms. The molecule has 0 aliphatic carbocycles. The van der Waals surface area contributed by atoms with Crippen molar-refractivity contribution in [2.45, 2.75) is 25.7 Å². The van der Waals surface area contributed by atoms with Crippen molar-refractivity contribution in [2.75, 3.05) is 24.5 Å². The van der Waals surface area contributed by atoms with Crippen molar-refractivity contribution in [1.82, 2.24) is 5.32 Å². The molecule has 4 heteroatoms. The molecule has 0 unspecified atom stereocenters. The van der Waals surface area contributed by atoms with Crippen molar-refractivity contribution in [3.8, 4) is 0 Å². The first-order chi connectivity index (χ1) is 8.86. The third kappa shape index (κ3) is 2.93. The van der Waals surface area contributed by atoms with Gasteiger partial charge in [0.2, 0.25) is 5.91 Å². The number of carbonyl (C=O) groups excluding carboxylic acids is 1. The Labute approximate surface area is 120 Å². The summed E-state index contributed by atoms with van der Waals surface area (Å²) in [5.74, 6) is 0.557. The molecule has 1 aromatic rings. The van der Waals surface area contributed by atoms with Crippen molar-refractivity contribution in [1.29, 1.82) is 0 Å². The molecule has 104 valence electrons. The normalized spacial score (nSPS) is 19.5. The third-order valence-corrected chi connectivity index (χ3v) is 4.06. The number of amides is 1. The molecule has 1 N–H and O–H groups in total. The van der Waals surface area contributed by atoms with Crippen molar-refractivity contribution in [2.24, 2.45) is 5.92 Å². The summed E-state index contributed by atoms with van der Waals surface area (Å²) in [7, 11) is 0. The molecule has 2 heterocycles.